The van der Waals surface area contributed by atoms with Crippen LogP contribution in [0.15, 0.2) is 5.11 Å². The van der Waals surface area contributed by atoms with Crippen LogP contribution in [0.1, 0.15) is 40.5 Å². The van der Waals surface area contributed by atoms with Gasteiger partial charge in [0.15, 0.2) is 0 Å². The summed E-state index contributed by atoms with van der Waals surface area (Å²) in [5, 5.41) is 15.9. The van der Waals surface area contributed by atoms with Crippen molar-refractivity contribution in [1.29, 1.82) is 0 Å². The summed E-state index contributed by atoms with van der Waals surface area (Å²) in [6.45, 7) is 7.20. The summed E-state index contributed by atoms with van der Waals surface area (Å²) in [6, 6.07) is 0. The molecule has 1 amide bonds. The Morgan fingerprint density at radius 1 is 1.41 bits per heavy atom. The molecule has 0 radical (unpaired) electrons. The summed E-state index contributed by atoms with van der Waals surface area (Å²) in [6.07, 6.45) is -0.495. The molecule has 1 saturated heterocycles. The molecule has 0 N–H and O–H groups in total. The highest BCUT2D eigenvalue weighted by molar-refractivity contribution is 5.68. The van der Waals surface area contributed by atoms with Crippen LogP contribution in [0.4, 0.5) is 4.79 Å². The first-order valence-electron chi connectivity index (χ1n) is 5.42. The quantitative estimate of drug-likeness (QED) is 0.400. The molecule has 96 valence electrons. The van der Waals surface area contributed by atoms with Crippen LogP contribution in [0.25, 0.3) is 10.4 Å². The highest BCUT2D eigenvalue weighted by atomic mass is 16.6. The molecule has 0 unspecified atom stereocenters. The third kappa shape index (κ3) is 3.09. The summed E-state index contributed by atoms with van der Waals surface area (Å²) in [5.41, 5.74) is 6.90. The van der Waals surface area contributed by atoms with Gasteiger partial charge in [-0.2, -0.15) is 0 Å². The molecular formula is C10H17N4O3-. The van der Waals surface area contributed by atoms with E-state index in [1.54, 1.807) is 27.7 Å². The molecule has 1 heterocycles. The number of carbonyl (C=O) groups is 1. The molecule has 0 bridgehead atoms. The van der Waals surface area contributed by atoms with Gasteiger partial charge in [0.05, 0.1) is 0 Å². The van der Waals surface area contributed by atoms with Crippen LogP contribution in [0.2, 0.25) is 0 Å². The second kappa shape index (κ2) is 4.52. The van der Waals surface area contributed by atoms with Crippen LogP contribution in [-0.2, 0) is 4.74 Å². The van der Waals surface area contributed by atoms with Gasteiger partial charge in [-0.3, -0.25) is 0 Å². The van der Waals surface area contributed by atoms with Gasteiger partial charge < -0.3 is 15.0 Å². The number of amides is 1. The Morgan fingerprint density at radius 2 is 1.88 bits per heavy atom. The van der Waals surface area contributed by atoms with Crippen LogP contribution in [0, 0.1) is 5.21 Å². The Kier molecular flexibility index (Phi) is 3.66. The van der Waals surface area contributed by atoms with Gasteiger partial charge >= 0.3 is 6.09 Å². The maximum absolute atomic E-state index is 12.0. The zero-order chi connectivity index (χ0) is 13.3. The van der Waals surface area contributed by atoms with E-state index >= 15 is 0 Å². The molecule has 0 spiro atoms. The monoisotopic (exact) mass is 241 g/mol. The van der Waals surface area contributed by atoms with Gasteiger partial charge in [0.1, 0.15) is 6.10 Å². The molecule has 0 saturated carbocycles. The molecule has 1 fully saturated rings. The zero-order valence-electron chi connectivity index (χ0n) is 10.5. The van der Waals surface area contributed by atoms with Crippen LogP contribution in [-0.4, -0.2) is 28.3 Å². The van der Waals surface area contributed by atoms with E-state index in [-0.39, 0.29) is 0 Å². The third-order valence-electron chi connectivity index (χ3n) is 2.95. The van der Waals surface area contributed by atoms with Crippen LogP contribution < -0.4 is 0 Å². The van der Waals surface area contributed by atoms with Crippen molar-refractivity contribution in [3.63, 3.8) is 0 Å². The predicted octanol–water partition coefficient (Wildman–Crippen LogP) is 2.95. The van der Waals surface area contributed by atoms with Crippen molar-refractivity contribution in [1.82, 2.24) is 5.06 Å². The minimum Gasteiger partial charge on any atom is -0.784 e. The maximum Gasteiger partial charge on any atom is 0.397 e. The molecule has 0 atom stereocenters. The first kappa shape index (κ1) is 13.8. The van der Waals surface area contributed by atoms with Crippen molar-refractivity contribution in [2.45, 2.75) is 57.7 Å². The summed E-state index contributed by atoms with van der Waals surface area (Å²) in [4.78, 5) is 13.4. The molecule has 7 heteroatoms. The van der Waals surface area contributed by atoms with Gasteiger partial charge in [-0.1, -0.05) is 0 Å². The zero-order valence-corrected chi connectivity index (χ0v) is 10.5. The fraction of sp³-hybridized carbons (Fsp3) is 0.900. The normalized spacial score (nSPS) is 23.8. The van der Waals surface area contributed by atoms with E-state index in [0.29, 0.717) is 12.8 Å². The number of rotatable bonds is 1. The van der Waals surface area contributed by atoms with Crippen molar-refractivity contribution >= 4 is 6.09 Å². The lowest BCUT2D eigenvalue weighted by atomic mass is 9.80. The molecule has 0 aliphatic carbocycles. The van der Waals surface area contributed by atoms with Gasteiger partial charge in [-0.25, -0.2) is 4.79 Å². The smallest absolute Gasteiger partial charge is 0.397 e. The number of nitrogens with zero attached hydrogens (tertiary/aromatic N) is 4. The highest BCUT2D eigenvalue weighted by Gasteiger charge is 2.41. The summed E-state index contributed by atoms with van der Waals surface area (Å²) in [7, 11) is 0. The highest BCUT2D eigenvalue weighted by Crippen LogP contribution is 2.38. The van der Waals surface area contributed by atoms with E-state index in [1.165, 1.54) is 0 Å². The van der Waals surface area contributed by atoms with E-state index in [1.807, 2.05) is 0 Å². The Bertz CT molecular complexity index is 343. The molecular weight excluding hydrogens is 224 g/mol. The lowest BCUT2D eigenvalue weighted by Gasteiger charge is -2.59. The first-order chi connectivity index (χ1) is 7.69. The number of hydroxylamine groups is 2. The van der Waals surface area contributed by atoms with E-state index in [0.717, 1.165) is 5.06 Å². The van der Waals surface area contributed by atoms with E-state index in [4.69, 9.17) is 10.3 Å². The third-order valence-corrected chi connectivity index (χ3v) is 2.95. The van der Waals surface area contributed by atoms with Crippen LogP contribution in [0.3, 0.4) is 0 Å². The lowest BCUT2D eigenvalue weighted by Crippen LogP contribution is -2.59. The van der Waals surface area contributed by atoms with Crippen molar-refractivity contribution in [3.05, 3.63) is 15.7 Å². The van der Waals surface area contributed by atoms with E-state index < -0.39 is 23.3 Å². The first-order valence-corrected chi connectivity index (χ1v) is 5.42. The van der Waals surface area contributed by atoms with E-state index in [9.17, 15) is 10.0 Å². The lowest BCUT2D eigenvalue weighted by molar-refractivity contribution is -0.0534. The van der Waals surface area contributed by atoms with Gasteiger partial charge in [-0.05, 0) is 33.2 Å². The minimum atomic E-state index is -0.941. The van der Waals surface area contributed by atoms with Crippen LogP contribution in [0.5, 0.6) is 0 Å². The average Bonchev–Trinajstić information content (AvgIpc) is 2.13. The van der Waals surface area contributed by atoms with E-state index in [2.05, 4.69) is 10.0 Å². The number of ether oxygens (including phenoxy) is 1. The molecule has 1 aliphatic heterocycles. The van der Waals surface area contributed by atoms with Gasteiger partial charge in [0, 0.05) is 33.9 Å². The summed E-state index contributed by atoms with van der Waals surface area (Å²) in [5.74, 6) is 0. The molecule has 1 rings (SSSR count). The molecule has 0 aromatic heterocycles. The minimum absolute atomic E-state index is 0.400. The van der Waals surface area contributed by atoms with Crippen LogP contribution >= 0.6 is 0 Å². The fourth-order valence-corrected chi connectivity index (χ4v) is 2.46. The van der Waals surface area contributed by atoms with Gasteiger partial charge in [0.2, 0.25) is 0 Å². The second-order valence-electron chi connectivity index (χ2n) is 5.52. The number of hydrogen-bond acceptors (Lipinski definition) is 4. The Balaban J connectivity index is 2.78. The molecule has 0 aromatic carbocycles. The van der Waals surface area contributed by atoms with Crippen molar-refractivity contribution in [3.8, 4) is 0 Å². The van der Waals surface area contributed by atoms with Crippen molar-refractivity contribution in [2.24, 2.45) is 5.11 Å². The second-order valence-corrected chi connectivity index (χ2v) is 5.52. The number of carbonyl (C=O) groups excluding carboxylic acids is 1. The molecule has 0 aromatic rings. The standard InChI is InChI=1S/C10H17N4O3/c1-9(2)5-7(17-8(15)12-13-11)6-10(3,4)14(9)16/h7H,5-6H2,1-4H3/q-1. The number of azide groups is 1. The number of piperidine rings is 1. The SMILES string of the molecule is CC1(C)CC(OC(=O)N=[N+]=[N-])CC(C)(C)N1[O-]. The Labute approximate surface area is 99.9 Å². The molecule has 1 aliphatic rings. The van der Waals surface area contributed by atoms with Gasteiger partial charge in [0.25, 0.3) is 0 Å². The van der Waals surface area contributed by atoms with Gasteiger partial charge in [-0.15, -0.1) is 0 Å². The molecule has 7 nitrogen and oxygen atoms in total. The summed E-state index contributed by atoms with van der Waals surface area (Å²) < 4.78 is 5.03. The Hall–Kier alpha value is -1.30. The average molecular weight is 241 g/mol. The molecule has 17 heavy (non-hydrogen) atoms. The topological polar surface area (TPSA) is 101 Å². The fourth-order valence-electron chi connectivity index (χ4n) is 2.46. The number of hydrogen-bond donors (Lipinski definition) is 0. The Morgan fingerprint density at radius 3 is 2.29 bits per heavy atom. The van der Waals surface area contributed by atoms with Crippen molar-refractivity contribution < 1.29 is 9.53 Å². The summed E-state index contributed by atoms with van der Waals surface area (Å²) >= 11 is 0. The largest absolute Gasteiger partial charge is 0.784 e. The maximum atomic E-state index is 12.0. The van der Waals surface area contributed by atoms with Crippen molar-refractivity contribution in [2.75, 3.05) is 0 Å². The predicted molar refractivity (Wildman–Crippen MR) is 62.0 cm³/mol.